The van der Waals surface area contributed by atoms with Crippen LogP contribution in [0.15, 0.2) is 34.8 Å². The summed E-state index contributed by atoms with van der Waals surface area (Å²) < 4.78 is 32.0. The summed E-state index contributed by atoms with van der Waals surface area (Å²) in [5.74, 6) is -0.0930. The van der Waals surface area contributed by atoms with Crippen LogP contribution in [0, 0.1) is 5.82 Å². The van der Waals surface area contributed by atoms with Crippen LogP contribution in [0.3, 0.4) is 0 Å². The van der Waals surface area contributed by atoms with Crippen molar-refractivity contribution in [3.8, 4) is 32.6 Å². The van der Waals surface area contributed by atoms with E-state index in [0.717, 1.165) is 10.0 Å². The van der Waals surface area contributed by atoms with Crippen LogP contribution < -0.4 is 14.8 Å². The Bertz CT molecular complexity index is 1250. The number of benzene rings is 2. The summed E-state index contributed by atoms with van der Waals surface area (Å²) >= 11 is 11.2. The molecule has 8 nitrogen and oxygen atoms in total. The number of aliphatic hydroxyl groups excluding tert-OH is 1. The number of nitrogens with zero attached hydrogens (tertiary/aromatic N) is 2. The monoisotopic (exact) mass is 615 g/mol. The molecule has 0 radical (unpaired) electrons. The predicted molar refractivity (Wildman–Crippen MR) is 145 cm³/mol. The fraction of sp³-hybridized carbons (Fsp3) is 0.400. The molecule has 2 aromatic carbocycles. The molecule has 37 heavy (non-hydrogen) atoms. The minimum atomic E-state index is -0.810. The summed E-state index contributed by atoms with van der Waals surface area (Å²) in [6.45, 7) is 8.42. The molecule has 0 bridgehead atoms. The lowest BCUT2D eigenvalue weighted by atomic mass is 10.2. The number of nitrogens with one attached hydrogen (secondary N) is 1. The van der Waals surface area contributed by atoms with Gasteiger partial charge in [-0.2, -0.15) is 0 Å². The maximum Gasteiger partial charge on any atom is 0.408 e. The molecule has 1 heterocycles. The summed E-state index contributed by atoms with van der Waals surface area (Å²) in [7, 11) is 0. The molecule has 0 unspecified atom stereocenters. The zero-order valence-corrected chi connectivity index (χ0v) is 24.1. The zero-order chi connectivity index (χ0) is 27.3. The summed E-state index contributed by atoms with van der Waals surface area (Å²) in [6.07, 6.45) is -0.680. The molecule has 1 aromatic heterocycles. The van der Waals surface area contributed by atoms with Crippen LogP contribution in [0.1, 0.15) is 34.6 Å². The first-order chi connectivity index (χ1) is 17.4. The summed E-state index contributed by atoms with van der Waals surface area (Å²) in [6, 6.07) is 7.32. The van der Waals surface area contributed by atoms with Gasteiger partial charge in [0.2, 0.25) is 0 Å². The lowest BCUT2D eigenvalue weighted by Gasteiger charge is -2.23. The Kier molecular flexibility index (Phi) is 9.74. The number of halogens is 3. The molecular formula is C25H28BrClFN3O5S. The highest BCUT2D eigenvalue weighted by Crippen LogP contribution is 2.38. The normalized spacial score (nSPS) is 12.4. The van der Waals surface area contributed by atoms with E-state index in [1.54, 1.807) is 20.8 Å². The molecule has 3 aromatic rings. The van der Waals surface area contributed by atoms with Crippen molar-refractivity contribution in [2.24, 2.45) is 0 Å². The number of aliphatic hydroxyl groups is 1. The van der Waals surface area contributed by atoms with Gasteiger partial charge >= 0.3 is 6.09 Å². The van der Waals surface area contributed by atoms with Gasteiger partial charge in [0, 0.05) is 17.2 Å². The van der Waals surface area contributed by atoms with Crippen molar-refractivity contribution in [1.29, 1.82) is 0 Å². The van der Waals surface area contributed by atoms with E-state index in [2.05, 4.69) is 31.4 Å². The Balaban J connectivity index is 1.72. The molecule has 2 N–H and O–H groups in total. The average Bonchev–Trinajstić information content (AvgIpc) is 3.28. The second-order valence-corrected chi connectivity index (χ2v) is 11.6. The van der Waals surface area contributed by atoms with Crippen LogP contribution in [-0.4, -0.2) is 52.4 Å². The minimum Gasteiger partial charge on any atom is -0.490 e. The molecular weight excluding hydrogens is 589 g/mol. The van der Waals surface area contributed by atoms with Crippen LogP contribution in [0.5, 0.6) is 11.5 Å². The molecule has 0 aliphatic heterocycles. The fourth-order valence-electron chi connectivity index (χ4n) is 3.04. The first-order valence-corrected chi connectivity index (χ1v) is 13.4. The SMILES string of the molecule is CC(C)Oc1ccc(-c2nnc(-c3cc(F)c(OC[C@H](CO)NC(=O)OC(C)(C)C)cc3Cl)s2)cc1Br. The largest absolute Gasteiger partial charge is 0.490 e. The smallest absolute Gasteiger partial charge is 0.408 e. The molecule has 1 amide bonds. The van der Waals surface area contributed by atoms with E-state index in [-0.39, 0.29) is 23.5 Å². The average molecular weight is 617 g/mol. The number of amides is 1. The van der Waals surface area contributed by atoms with E-state index >= 15 is 0 Å². The van der Waals surface area contributed by atoms with E-state index in [1.807, 2.05) is 32.0 Å². The molecule has 1 atom stereocenters. The predicted octanol–water partition coefficient (Wildman–Crippen LogP) is 6.48. The van der Waals surface area contributed by atoms with E-state index in [4.69, 9.17) is 25.8 Å². The molecule has 0 saturated heterocycles. The summed E-state index contributed by atoms with van der Waals surface area (Å²) in [4.78, 5) is 11.9. The second-order valence-electron chi connectivity index (χ2n) is 9.32. The standard InChI is InChI=1S/C25H28BrClFN3O5S/c1-13(2)35-20-7-6-14(8-17(20)26)22-30-31-23(37-22)16-9-19(28)21(10-18(16)27)34-12-15(11-32)29-24(33)36-25(3,4)5/h6-10,13,15,32H,11-12H2,1-5H3,(H,29,33)/t15-/m0/s1. The number of carbonyl (C=O) groups excluding carboxylic acids is 1. The third-order valence-electron chi connectivity index (χ3n) is 4.60. The molecule has 0 aliphatic carbocycles. The Morgan fingerprint density at radius 3 is 2.51 bits per heavy atom. The van der Waals surface area contributed by atoms with Crippen molar-refractivity contribution in [1.82, 2.24) is 15.5 Å². The molecule has 12 heteroatoms. The van der Waals surface area contributed by atoms with Crippen molar-refractivity contribution in [3.63, 3.8) is 0 Å². The van der Waals surface area contributed by atoms with Crippen molar-refractivity contribution in [2.45, 2.75) is 52.4 Å². The summed E-state index contributed by atoms with van der Waals surface area (Å²) in [5, 5.41) is 21.7. The van der Waals surface area contributed by atoms with Gasteiger partial charge < -0.3 is 24.6 Å². The topological polar surface area (TPSA) is 103 Å². The number of carbonyl (C=O) groups is 1. The van der Waals surface area contributed by atoms with Crippen LogP contribution in [0.2, 0.25) is 5.02 Å². The first-order valence-electron chi connectivity index (χ1n) is 11.4. The number of ether oxygens (including phenoxy) is 3. The molecule has 0 fully saturated rings. The number of alkyl carbamates (subject to hydrolysis) is 1. The van der Waals surface area contributed by atoms with Crippen molar-refractivity contribution in [2.75, 3.05) is 13.2 Å². The molecule has 0 saturated carbocycles. The van der Waals surface area contributed by atoms with Gasteiger partial charge in [-0.1, -0.05) is 22.9 Å². The van der Waals surface area contributed by atoms with Crippen molar-refractivity contribution < 1.29 is 28.5 Å². The lowest BCUT2D eigenvalue weighted by molar-refractivity contribution is 0.0457. The molecule has 0 spiro atoms. The number of aromatic nitrogens is 2. The Morgan fingerprint density at radius 1 is 1.19 bits per heavy atom. The second kappa shape index (κ2) is 12.4. The third kappa shape index (κ3) is 8.26. The Morgan fingerprint density at radius 2 is 1.89 bits per heavy atom. The van der Waals surface area contributed by atoms with Gasteiger partial charge in [0.25, 0.3) is 0 Å². The van der Waals surface area contributed by atoms with E-state index < -0.39 is 30.2 Å². The highest BCUT2D eigenvalue weighted by atomic mass is 79.9. The highest BCUT2D eigenvalue weighted by molar-refractivity contribution is 9.10. The third-order valence-corrected chi connectivity index (χ3v) is 6.54. The highest BCUT2D eigenvalue weighted by Gasteiger charge is 2.21. The maximum atomic E-state index is 14.9. The van der Waals surface area contributed by atoms with E-state index in [0.29, 0.717) is 21.3 Å². The maximum absolute atomic E-state index is 14.9. The Hall–Kier alpha value is -2.47. The number of rotatable bonds is 9. The molecule has 200 valence electrons. The van der Waals surface area contributed by atoms with E-state index in [1.165, 1.54) is 23.5 Å². The van der Waals surface area contributed by atoms with Gasteiger partial charge in [0.15, 0.2) is 11.6 Å². The van der Waals surface area contributed by atoms with Gasteiger partial charge in [0.1, 0.15) is 28.0 Å². The van der Waals surface area contributed by atoms with Crippen molar-refractivity contribution >= 4 is 45.0 Å². The van der Waals surface area contributed by atoms with Crippen LogP contribution in [0.4, 0.5) is 9.18 Å². The van der Waals surface area contributed by atoms with Crippen molar-refractivity contribution in [3.05, 3.63) is 45.6 Å². The fourth-order valence-corrected chi connectivity index (χ4v) is 4.68. The van der Waals surface area contributed by atoms with Gasteiger partial charge in [-0.3, -0.25) is 0 Å². The van der Waals surface area contributed by atoms with E-state index in [9.17, 15) is 14.3 Å². The van der Waals surface area contributed by atoms with Gasteiger partial charge in [-0.15, -0.1) is 10.2 Å². The van der Waals surface area contributed by atoms with Crippen LogP contribution >= 0.6 is 38.9 Å². The molecule has 3 rings (SSSR count). The summed E-state index contributed by atoms with van der Waals surface area (Å²) in [5.41, 5.74) is 0.475. The Labute approximate surface area is 232 Å². The van der Waals surface area contributed by atoms with Gasteiger partial charge in [-0.05, 0) is 74.8 Å². The minimum absolute atomic E-state index is 0.0371. The lowest BCUT2D eigenvalue weighted by Crippen LogP contribution is -2.44. The van der Waals surface area contributed by atoms with Crippen LogP contribution in [0.25, 0.3) is 21.1 Å². The van der Waals surface area contributed by atoms with Gasteiger partial charge in [0.05, 0.1) is 28.2 Å². The number of hydrogen-bond donors (Lipinski definition) is 2. The van der Waals surface area contributed by atoms with Crippen LogP contribution in [-0.2, 0) is 4.74 Å². The quantitative estimate of drug-likeness (QED) is 0.284. The number of hydrogen-bond acceptors (Lipinski definition) is 8. The zero-order valence-electron chi connectivity index (χ0n) is 21.0. The molecule has 0 aliphatic rings. The van der Waals surface area contributed by atoms with Gasteiger partial charge in [-0.25, -0.2) is 9.18 Å². The first kappa shape index (κ1) is 29.1.